The summed E-state index contributed by atoms with van der Waals surface area (Å²) in [5.74, 6) is 0. The molecule has 2 aromatic carbocycles. The van der Waals surface area contributed by atoms with E-state index in [0.717, 1.165) is 24.3 Å². The minimum absolute atomic E-state index is 0.931. The molecule has 0 saturated carbocycles. The molecule has 96 valence electrons. The SMILES string of the molecule is c1ccc(-c2ccccc2N=NN2CCCC2)cc1. The quantitative estimate of drug-likeness (QED) is 0.741. The first-order chi connectivity index (χ1) is 9.43. The highest BCUT2D eigenvalue weighted by molar-refractivity contribution is 5.75. The molecule has 3 nitrogen and oxygen atoms in total. The minimum Gasteiger partial charge on any atom is -0.278 e. The van der Waals surface area contributed by atoms with Gasteiger partial charge in [-0.05, 0) is 24.5 Å². The average Bonchev–Trinajstić information content (AvgIpc) is 3.00. The molecule has 0 amide bonds. The average molecular weight is 251 g/mol. The predicted molar refractivity (Wildman–Crippen MR) is 77.2 cm³/mol. The summed E-state index contributed by atoms with van der Waals surface area (Å²) >= 11 is 0. The van der Waals surface area contributed by atoms with E-state index in [1.54, 1.807) is 0 Å². The fourth-order valence-electron chi connectivity index (χ4n) is 2.32. The van der Waals surface area contributed by atoms with Crippen LogP contribution in [0.15, 0.2) is 64.9 Å². The Balaban J connectivity index is 1.89. The zero-order chi connectivity index (χ0) is 12.9. The van der Waals surface area contributed by atoms with Gasteiger partial charge in [0.05, 0.1) is 5.69 Å². The van der Waals surface area contributed by atoms with Crippen LogP contribution in [0.4, 0.5) is 5.69 Å². The van der Waals surface area contributed by atoms with Gasteiger partial charge in [-0.3, -0.25) is 5.01 Å². The van der Waals surface area contributed by atoms with E-state index in [1.807, 2.05) is 41.4 Å². The standard InChI is InChI=1S/C16H17N3/c1-2-8-14(9-3-1)15-10-4-5-11-16(15)17-18-19-12-6-7-13-19/h1-5,8-11H,6-7,12-13H2. The van der Waals surface area contributed by atoms with Crippen molar-refractivity contribution in [3.8, 4) is 11.1 Å². The van der Waals surface area contributed by atoms with Crippen LogP contribution in [0, 0.1) is 0 Å². The molecule has 1 aliphatic rings. The summed E-state index contributed by atoms with van der Waals surface area (Å²) < 4.78 is 0. The van der Waals surface area contributed by atoms with Gasteiger partial charge in [0, 0.05) is 18.7 Å². The molecule has 0 N–H and O–H groups in total. The van der Waals surface area contributed by atoms with Gasteiger partial charge in [0.2, 0.25) is 0 Å². The highest BCUT2D eigenvalue weighted by atomic mass is 15.5. The fraction of sp³-hybridized carbons (Fsp3) is 0.250. The van der Waals surface area contributed by atoms with Gasteiger partial charge in [0.1, 0.15) is 0 Å². The van der Waals surface area contributed by atoms with Crippen LogP contribution in [0.3, 0.4) is 0 Å². The van der Waals surface area contributed by atoms with Crippen molar-refractivity contribution in [3.05, 3.63) is 54.6 Å². The molecule has 0 spiro atoms. The molecule has 0 radical (unpaired) electrons. The molecule has 1 fully saturated rings. The highest BCUT2D eigenvalue weighted by Gasteiger charge is 2.09. The maximum absolute atomic E-state index is 4.42. The first-order valence-electron chi connectivity index (χ1n) is 6.74. The zero-order valence-corrected chi connectivity index (χ0v) is 10.9. The predicted octanol–water partition coefficient (Wildman–Crippen LogP) is 4.45. The number of rotatable bonds is 3. The lowest BCUT2D eigenvalue weighted by molar-refractivity contribution is 0.337. The van der Waals surface area contributed by atoms with Crippen LogP contribution < -0.4 is 0 Å². The summed E-state index contributed by atoms with van der Waals surface area (Å²) in [7, 11) is 0. The second-order valence-corrected chi connectivity index (χ2v) is 4.73. The van der Waals surface area contributed by atoms with Gasteiger partial charge in [-0.1, -0.05) is 53.8 Å². The van der Waals surface area contributed by atoms with Crippen LogP contribution in [0.1, 0.15) is 12.8 Å². The third kappa shape index (κ3) is 2.81. The Morgan fingerprint density at radius 1 is 0.789 bits per heavy atom. The molecular weight excluding hydrogens is 234 g/mol. The molecule has 2 aromatic rings. The van der Waals surface area contributed by atoms with E-state index in [0.29, 0.717) is 0 Å². The lowest BCUT2D eigenvalue weighted by Crippen LogP contribution is -2.09. The first-order valence-corrected chi connectivity index (χ1v) is 6.74. The normalized spacial score (nSPS) is 15.3. The molecule has 1 aliphatic heterocycles. The van der Waals surface area contributed by atoms with Gasteiger partial charge in [0.15, 0.2) is 0 Å². The Hall–Kier alpha value is -2.16. The molecule has 3 rings (SSSR count). The summed E-state index contributed by atoms with van der Waals surface area (Å²) in [5, 5.41) is 10.8. The lowest BCUT2D eigenvalue weighted by Gasteiger charge is -2.09. The number of benzene rings is 2. The van der Waals surface area contributed by atoms with E-state index in [4.69, 9.17) is 0 Å². The van der Waals surface area contributed by atoms with Gasteiger partial charge in [0.25, 0.3) is 0 Å². The topological polar surface area (TPSA) is 28.0 Å². The minimum atomic E-state index is 0.931. The Kier molecular flexibility index (Phi) is 3.54. The maximum atomic E-state index is 4.42. The summed E-state index contributed by atoms with van der Waals surface area (Å²) in [6.07, 6.45) is 2.44. The van der Waals surface area contributed by atoms with Crippen molar-refractivity contribution in [1.82, 2.24) is 5.01 Å². The lowest BCUT2D eigenvalue weighted by atomic mass is 10.0. The fourth-order valence-corrected chi connectivity index (χ4v) is 2.32. The summed E-state index contributed by atoms with van der Waals surface area (Å²) in [6.45, 7) is 2.05. The molecule has 0 aliphatic carbocycles. The maximum Gasteiger partial charge on any atom is 0.0952 e. The summed E-state index contributed by atoms with van der Waals surface area (Å²) in [5.41, 5.74) is 3.24. The Morgan fingerprint density at radius 3 is 2.26 bits per heavy atom. The van der Waals surface area contributed by atoms with E-state index >= 15 is 0 Å². The zero-order valence-electron chi connectivity index (χ0n) is 10.9. The molecule has 0 bridgehead atoms. The number of hydrogen-bond acceptors (Lipinski definition) is 2. The molecular formula is C16H17N3. The van der Waals surface area contributed by atoms with Gasteiger partial charge in [-0.2, -0.15) is 0 Å². The van der Waals surface area contributed by atoms with Crippen molar-refractivity contribution in [2.24, 2.45) is 10.3 Å². The van der Waals surface area contributed by atoms with Crippen LogP contribution in [0.2, 0.25) is 0 Å². The Labute approximate surface area is 113 Å². The van der Waals surface area contributed by atoms with Crippen molar-refractivity contribution in [1.29, 1.82) is 0 Å². The van der Waals surface area contributed by atoms with E-state index in [-0.39, 0.29) is 0 Å². The van der Waals surface area contributed by atoms with Crippen LogP contribution in [0.25, 0.3) is 11.1 Å². The van der Waals surface area contributed by atoms with E-state index in [1.165, 1.54) is 18.4 Å². The summed E-state index contributed by atoms with van der Waals surface area (Å²) in [6, 6.07) is 18.5. The summed E-state index contributed by atoms with van der Waals surface area (Å²) in [4.78, 5) is 0. The van der Waals surface area contributed by atoms with Crippen LogP contribution in [-0.4, -0.2) is 18.1 Å². The van der Waals surface area contributed by atoms with E-state index in [2.05, 4.69) is 28.5 Å². The monoisotopic (exact) mass is 251 g/mol. The Morgan fingerprint density at radius 2 is 1.47 bits per heavy atom. The van der Waals surface area contributed by atoms with Crippen molar-refractivity contribution in [3.63, 3.8) is 0 Å². The van der Waals surface area contributed by atoms with E-state index < -0.39 is 0 Å². The number of nitrogens with zero attached hydrogens (tertiary/aromatic N) is 3. The molecule has 3 heteroatoms. The van der Waals surface area contributed by atoms with Crippen molar-refractivity contribution < 1.29 is 0 Å². The molecule has 1 saturated heterocycles. The van der Waals surface area contributed by atoms with Crippen LogP contribution in [0.5, 0.6) is 0 Å². The van der Waals surface area contributed by atoms with Crippen LogP contribution >= 0.6 is 0 Å². The van der Waals surface area contributed by atoms with Crippen molar-refractivity contribution in [2.75, 3.05) is 13.1 Å². The smallest absolute Gasteiger partial charge is 0.0952 e. The van der Waals surface area contributed by atoms with Crippen molar-refractivity contribution >= 4 is 5.69 Å². The van der Waals surface area contributed by atoms with Gasteiger partial charge < -0.3 is 0 Å². The van der Waals surface area contributed by atoms with Crippen LogP contribution in [-0.2, 0) is 0 Å². The Bertz CT molecular complexity index is 557. The molecule has 19 heavy (non-hydrogen) atoms. The molecule has 0 aromatic heterocycles. The van der Waals surface area contributed by atoms with Gasteiger partial charge in [-0.15, -0.1) is 5.11 Å². The largest absolute Gasteiger partial charge is 0.278 e. The molecule has 1 heterocycles. The first kappa shape index (κ1) is 11.9. The second-order valence-electron chi connectivity index (χ2n) is 4.73. The van der Waals surface area contributed by atoms with Gasteiger partial charge in [-0.25, -0.2) is 0 Å². The van der Waals surface area contributed by atoms with Crippen molar-refractivity contribution in [2.45, 2.75) is 12.8 Å². The van der Waals surface area contributed by atoms with Gasteiger partial charge >= 0.3 is 0 Å². The highest BCUT2D eigenvalue weighted by Crippen LogP contribution is 2.30. The third-order valence-electron chi connectivity index (χ3n) is 3.35. The molecule has 0 unspecified atom stereocenters. The molecule has 0 atom stereocenters. The number of hydrogen-bond donors (Lipinski definition) is 0. The van der Waals surface area contributed by atoms with E-state index in [9.17, 15) is 0 Å². The second kappa shape index (κ2) is 5.65. The third-order valence-corrected chi connectivity index (χ3v) is 3.35.